The lowest BCUT2D eigenvalue weighted by atomic mass is 10.1. The first-order valence-electron chi connectivity index (χ1n) is 4.53. The van der Waals surface area contributed by atoms with Gasteiger partial charge >= 0.3 is 0 Å². The highest BCUT2D eigenvalue weighted by Gasteiger charge is 2.18. The fourth-order valence-corrected chi connectivity index (χ4v) is 4.19. The van der Waals surface area contributed by atoms with E-state index in [2.05, 4.69) is 31.9 Å². The quantitative estimate of drug-likeness (QED) is 0.495. The van der Waals surface area contributed by atoms with Gasteiger partial charge in [0.1, 0.15) is 5.82 Å². The SMILES string of the molecule is Fc1ccc(C(Cl)c2cc(Cl)c(Br)s2)c(Br)c1. The van der Waals surface area contributed by atoms with Crippen LogP contribution in [0.2, 0.25) is 5.02 Å². The second kappa shape index (κ2) is 5.57. The Morgan fingerprint density at radius 1 is 1.24 bits per heavy atom. The van der Waals surface area contributed by atoms with Crippen LogP contribution < -0.4 is 0 Å². The molecule has 0 amide bonds. The van der Waals surface area contributed by atoms with Gasteiger partial charge in [0, 0.05) is 9.35 Å². The van der Waals surface area contributed by atoms with Crippen molar-refractivity contribution in [1.29, 1.82) is 0 Å². The van der Waals surface area contributed by atoms with Crippen LogP contribution >= 0.6 is 66.4 Å². The molecule has 90 valence electrons. The van der Waals surface area contributed by atoms with E-state index in [0.29, 0.717) is 9.50 Å². The first-order valence-corrected chi connectivity index (χ1v) is 7.74. The van der Waals surface area contributed by atoms with E-state index in [9.17, 15) is 4.39 Å². The monoisotopic (exact) mass is 416 g/mol. The smallest absolute Gasteiger partial charge is 0.124 e. The number of hydrogen-bond acceptors (Lipinski definition) is 1. The molecule has 2 aromatic rings. The van der Waals surface area contributed by atoms with Crippen molar-refractivity contribution in [2.75, 3.05) is 0 Å². The van der Waals surface area contributed by atoms with Crippen molar-refractivity contribution in [2.24, 2.45) is 0 Å². The Kier molecular flexibility index (Phi) is 4.53. The van der Waals surface area contributed by atoms with Gasteiger partial charge in [0.25, 0.3) is 0 Å². The van der Waals surface area contributed by atoms with Gasteiger partial charge in [-0.2, -0.15) is 0 Å². The second-order valence-corrected chi connectivity index (χ2v) is 7.40. The molecule has 17 heavy (non-hydrogen) atoms. The van der Waals surface area contributed by atoms with Crippen LogP contribution in [0.5, 0.6) is 0 Å². The predicted octanol–water partition coefficient (Wildman–Crippen LogP) is 6.39. The standard InChI is InChI=1S/C11H5Br2Cl2FS/c12-7-3-5(16)1-2-6(7)10(15)9-4-8(14)11(13)17-9/h1-4,10H. The molecule has 0 fully saturated rings. The molecule has 1 heterocycles. The van der Waals surface area contributed by atoms with Crippen LogP contribution in [0, 0.1) is 5.82 Å². The van der Waals surface area contributed by atoms with Gasteiger partial charge in [-0.05, 0) is 39.7 Å². The van der Waals surface area contributed by atoms with Crippen LogP contribution in [0.1, 0.15) is 15.8 Å². The number of alkyl halides is 1. The Morgan fingerprint density at radius 2 is 1.94 bits per heavy atom. The van der Waals surface area contributed by atoms with Crippen LogP contribution in [0.15, 0.2) is 32.5 Å². The summed E-state index contributed by atoms with van der Waals surface area (Å²) in [5, 5.41) is 0.285. The maximum Gasteiger partial charge on any atom is 0.124 e. The van der Waals surface area contributed by atoms with Gasteiger partial charge in [-0.25, -0.2) is 4.39 Å². The van der Waals surface area contributed by atoms with Gasteiger partial charge in [-0.3, -0.25) is 0 Å². The molecule has 1 unspecified atom stereocenters. The van der Waals surface area contributed by atoms with Crippen LogP contribution in [-0.2, 0) is 0 Å². The van der Waals surface area contributed by atoms with E-state index < -0.39 is 0 Å². The van der Waals surface area contributed by atoms with Crippen molar-refractivity contribution in [1.82, 2.24) is 0 Å². The average Bonchev–Trinajstić information content (AvgIpc) is 2.58. The molecule has 1 atom stereocenters. The number of rotatable bonds is 2. The van der Waals surface area contributed by atoms with Gasteiger partial charge in [0.15, 0.2) is 0 Å². The molecule has 6 heteroatoms. The Labute approximate surface area is 129 Å². The zero-order chi connectivity index (χ0) is 12.6. The molecule has 0 spiro atoms. The van der Waals surface area contributed by atoms with Gasteiger partial charge < -0.3 is 0 Å². The van der Waals surface area contributed by atoms with E-state index >= 15 is 0 Å². The molecule has 0 nitrogen and oxygen atoms in total. The number of halogens is 5. The minimum absolute atomic E-state index is 0.296. The molecule has 0 radical (unpaired) electrons. The second-order valence-electron chi connectivity index (χ2n) is 3.30. The average molecular weight is 419 g/mol. The zero-order valence-corrected chi connectivity index (χ0v) is 13.7. The molecular formula is C11H5Br2Cl2FS. The van der Waals surface area contributed by atoms with E-state index in [1.807, 2.05) is 6.07 Å². The van der Waals surface area contributed by atoms with E-state index in [1.165, 1.54) is 23.5 Å². The summed E-state index contributed by atoms with van der Waals surface area (Å²) in [7, 11) is 0. The molecule has 0 N–H and O–H groups in total. The van der Waals surface area contributed by atoms with E-state index in [-0.39, 0.29) is 11.2 Å². The number of thiophene rings is 1. The maximum absolute atomic E-state index is 13.0. The lowest BCUT2D eigenvalue weighted by molar-refractivity contribution is 0.626. The van der Waals surface area contributed by atoms with Crippen molar-refractivity contribution in [2.45, 2.75) is 5.38 Å². The molecule has 1 aromatic carbocycles. The predicted molar refractivity (Wildman–Crippen MR) is 78.8 cm³/mol. The summed E-state index contributed by atoms with van der Waals surface area (Å²) in [6.45, 7) is 0. The van der Waals surface area contributed by atoms with Crippen LogP contribution in [0.3, 0.4) is 0 Å². The van der Waals surface area contributed by atoms with Crippen molar-refractivity contribution in [3.05, 3.63) is 53.8 Å². The van der Waals surface area contributed by atoms with Crippen molar-refractivity contribution in [3.63, 3.8) is 0 Å². The fourth-order valence-electron chi connectivity index (χ4n) is 1.35. The summed E-state index contributed by atoms with van der Waals surface area (Å²) in [5.41, 5.74) is 0.818. The first-order chi connectivity index (χ1) is 7.99. The Morgan fingerprint density at radius 3 is 2.47 bits per heavy atom. The third-order valence-corrected chi connectivity index (χ3v) is 5.98. The van der Waals surface area contributed by atoms with Gasteiger partial charge in [-0.15, -0.1) is 22.9 Å². The minimum atomic E-state index is -0.348. The van der Waals surface area contributed by atoms with Gasteiger partial charge in [0.2, 0.25) is 0 Å². The lowest BCUT2D eigenvalue weighted by Gasteiger charge is -2.09. The third-order valence-electron chi connectivity index (χ3n) is 2.15. The van der Waals surface area contributed by atoms with Crippen molar-refractivity contribution < 1.29 is 4.39 Å². The molecule has 0 bridgehead atoms. The van der Waals surface area contributed by atoms with Crippen molar-refractivity contribution >= 4 is 66.4 Å². The summed E-state index contributed by atoms with van der Waals surface area (Å²) in [6.07, 6.45) is 0. The van der Waals surface area contributed by atoms with Crippen LogP contribution in [0.4, 0.5) is 4.39 Å². The molecule has 0 aliphatic rings. The highest BCUT2D eigenvalue weighted by Crippen LogP contribution is 2.42. The molecule has 0 saturated carbocycles. The summed E-state index contributed by atoms with van der Waals surface area (Å²) >= 11 is 20.4. The van der Waals surface area contributed by atoms with Gasteiger partial charge in [0.05, 0.1) is 14.2 Å². The topological polar surface area (TPSA) is 0 Å². The van der Waals surface area contributed by atoms with E-state index in [4.69, 9.17) is 23.2 Å². The Hall–Kier alpha value is 0.390. The third kappa shape index (κ3) is 3.04. The van der Waals surface area contributed by atoms with E-state index in [1.54, 1.807) is 6.07 Å². The highest BCUT2D eigenvalue weighted by atomic mass is 79.9. The summed E-state index contributed by atoms with van der Waals surface area (Å²) in [6, 6.07) is 6.26. The normalized spacial score (nSPS) is 12.8. The fraction of sp³-hybridized carbons (Fsp3) is 0.0909. The molecule has 1 aromatic heterocycles. The van der Waals surface area contributed by atoms with Gasteiger partial charge in [-0.1, -0.05) is 33.6 Å². The number of benzene rings is 1. The van der Waals surface area contributed by atoms with E-state index in [0.717, 1.165) is 14.2 Å². The summed E-state index contributed by atoms with van der Waals surface area (Å²) in [4.78, 5) is 0.913. The summed E-state index contributed by atoms with van der Waals surface area (Å²) < 4.78 is 14.5. The molecule has 0 aliphatic carbocycles. The molecule has 0 saturated heterocycles. The largest absolute Gasteiger partial charge is 0.207 e. The molecular weight excluding hydrogens is 414 g/mol. The molecule has 2 rings (SSSR count). The first kappa shape index (κ1) is 13.8. The van der Waals surface area contributed by atoms with Crippen molar-refractivity contribution in [3.8, 4) is 0 Å². The minimum Gasteiger partial charge on any atom is -0.207 e. The zero-order valence-electron chi connectivity index (χ0n) is 8.18. The Bertz CT molecular complexity index is 537. The maximum atomic E-state index is 13.0. The lowest BCUT2D eigenvalue weighted by Crippen LogP contribution is -1.92. The number of hydrogen-bond donors (Lipinski definition) is 0. The summed E-state index contributed by atoms with van der Waals surface area (Å²) in [5.74, 6) is -0.296. The van der Waals surface area contributed by atoms with Crippen LogP contribution in [0.25, 0.3) is 0 Å². The molecule has 0 aliphatic heterocycles. The highest BCUT2D eigenvalue weighted by molar-refractivity contribution is 9.11. The van der Waals surface area contributed by atoms with Crippen LogP contribution in [-0.4, -0.2) is 0 Å². The Balaban J connectivity index is 2.39.